The lowest BCUT2D eigenvalue weighted by atomic mass is 9.78. The van der Waals surface area contributed by atoms with Crippen molar-refractivity contribution in [3.05, 3.63) is 29.3 Å². The van der Waals surface area contributed by atoms with E-state index in [0.717, 1.165) is 32.1 Å². The average Bonchev–Trinajstić information content (AvgIpc) is 3.14. The molecule has 2 saturated heterocycles. The van der Waals surface area contributed by atoms with Crippen molar-refractivity contribution < 1.29 is 4.74 Å². The fraction of sp³-hybridized carbons (Fsp3) is 0.600. The summed E-state index contributed by atoms with van der Waals surface area (Å²) in [6, 6.07) is 9.72. The van der Waals surface area contributed by atoms with Gasteiger partial charge in [-0.2, -0.15) is 10.5 Å². The van der Waals surface area contributed by atoms with Crippen LogP contribution in [0.4, 0.5) is 0 Å². The molecule has 3 unspecified atom stereocenters. The van der Waals surface area contributed by atoms with Crippen LogP contribution in [0.5, 0.6) is 5.75 Å². The Morgan fingerprint density at radius 3 is 2.72 bits per heavy atom. The van der Waals surface area contributed by atoms with E-state index in [1.165, 1.54) is 0 Å². The molecular weight excluding hydrogens is 312 g/mol. The fourth-order valence-electron chi connectivity index (χ4n) is 4.24. The Hall–Kier alpha value is -2.08. The van der Waals surface area contributed by atoms with E-state index in [1.54, 1.807) is 18.2 Å². The van der Waals surface area contributed by atoms with Crippen LogP contribution in [0.1, 0.15) is 31.9 Å². The third kappa shape index (κ3) is 3.79. The lowest BCUT2D eigenvalue weighted by Crippen LogP contribution is -2.42. The van der Waals surface area contributed by atoms with E-state index in [2.05, 4.69) is 37.1 Å². The quantitative estimate of drug-likeness (QED) is 0.912. The van der Waals surface area contributed by atoms with Crippen LogP contribution in [-0.2, 0) is 0 Å². The molecule has 2 fully saturated rings. The normalized spacial score (nSPS) is 26.0. The smallest absolute Gasteiger partial charge is 0.137 e. The summed E-state index contributed by atoms with van der Waals surface area (Å²) in [6.07, 6.45) is 0. The van der Waals surface area contributed by atoms with Crippen molar-refractivity contribution in [2.75, 3.05) is 32.8 Å². The second-order valence-corrected chi connectivity index (χ2v) is 8.22. The zero-order valence-electron chi connectivity index (χ0n) is 15.2. The van der Waals surface area contributed by atoms with Gasteiger partial charge in [0.15, 0.2) is 0 Å². The summed E-state index contributed by atoms with van der Waals surface area (Å²) in [5.41, 5.74) is 1.20. The van der Waals surface area contributed by atoms with Crippen LogP contribution in [0.3, 0.4) is 0 Å². The van der Waals surface area contributed by atoms with Crippen molar-refractivity contribution in [3.8, 4) is 17.9 Å². The van der Waals surface area contributed by atoms with Crippen molar-refractivity contribution in [1.29, 1.82) is 10.5 Å². The number of hydrogen-bond donors (Lipinski definition) is 1. The summed E-state index contributed by atoms with van der Waals surface area (Å²) >= 11 is 0. The van der Waals surface area contributed by atoms with Gasteiger partial charge in [-0.1, -0.05) is 20.8 Å². The molecule has 0 spiro atoms. The molecule has 0 bridgehead atoms. The van der Waals surface area contributed by atoms with Crippen LogP contribution in [0, 0.1) is 39.9 Å². The highest BCUT2D eigenvalue weighted by molar-refractivity contribution is 5.48. The zero-order chi connectivity index (χ0) is 18.0. The summed E-state index contributed by atoms with van der Waals surface area (Å²) in [5, 5.41) is 21.8. The van der Waals surface area contributed by atoms with Gasteiger partial charge >= 0.3 is 0 Å². The number of ether oxygens (including phenoxy) is 1. The Balaban J connectivity index is 1.53. The molecule has 1 N–H and O–H groups in total. The number of nitrogens with zero attached hydrogens (tertiary/aromatic N) is 3. The molecule has 5 heteroatoms. The minimum Gasteiger partial charge on any atom is -0.491 e. The monoisotopic (exact) mass is 338 g/mol. The van der Waals surface area contributed by atoms with E-state index in [4.69, 9.17) is 10.00 Å². The summed E-state index contributed by atoms with van der Waals surface area (Å²) < 4.78 is 5.82. The molecule has 2 aliphatic rings. The van der Waals surface area contributed by atoms with Gasteiger partial charge in [-0.05, 0) is 42.0 Å². The highest BCUT2D eigenvalue weighted by Gasteiger charge is 2.46. The van der Waals surface area contributed by atoms with Gasteiger partial charge in [0.2, 0.25) is 0 Å². The van der Waals surface area contributed by atoms with Crippen molar-refractivity contribution in [3.63, 3.8) is 0 Å². The number of likely N-dealkylation sites (tertiary alicyclic amines) is 1. The van der Waals surface area contributed by atoms with E-state index in [-0.39, 0.29) is 5.41 Å². The molecule has 0 saturated carbocycles. The van der Waals surface area contributed by atoms with Gasteiger partial charge < -0.3 is 10.1 Å². The fourth-order valence-corrected chi connectivity index (χ4v) is 4.24. The van der Waals surface area contributed by atoms with Gasteiger partial charge in [0.05, 0.1) is 17.2 Å². The second-order valence-electron chi connectivity index (χ2n) is 8.22. The molecule has 3 atom stereocenters. The van der Waals surface area contributed by atoms with Crippen molar-refractivity contribution in [2.24, 2.45) is 17.3 Å². The average molecular weight is 338 g/mol. The minimum absolute atomic E-state index is 0.288. The lowest BCUT2D eigenvalue weighted by Gasteiger charge is -2.32. The Morgan fingerprint density at radius 2 is 2.04 bits per heavy atom. The number of hydrogen-bond acceptors (Lipinski definition) is 5. The van der Waals surface area contributed by atoms with E-state index >= 15 is 0 Å². The van der Waals surface area contributed by atoms with E-state index in [0.29, 0.717) is 35.4 Å². The molecule has 1 aromatic rings. The maximum atomic E-state index is 9.21. The molecule has 0 aromatic heterocycles. The summed E-state index contributed by atoms with van der Waals surface area (Å²) in [5.74, 6) is 2.01. The highest BCUT2D eigenvalue weighted by Crippen LogP contribution is 2.38. The molecule has 0 amide bonds. The lowest BCUT2D eigenvalue weighted by molar-refractivity contribution is 0.199. The van der Waals surface area contributed by atoms with Crippen molar-refractivity contribution in [1.82, 2.24) is 10.2 Å². The van der Waals surface area contributed by atoms with Gasteiger partial charge in [-0.25, -0.2) is 0 Å². The first-order valence-corrected chi connectivity index (χ1v) is 8.95. The number of benzene rings is 1. The zero-order valence-corrected chi connectivity index (χ0v) is 15.2. The summed E-state index contributed by atoms with van der Waals surface area (Å²) in [4.78, 5) is 2.48. The molecular formula is C20H26N4O. The van der Waals surface area contributed by atoms with Crippen molar-refractivity contribution in [2.45, 2.75) is 26.8 Å². The number of rotatable bonds is 4. The molecule has 25 heavy (non-hydrogen) atoms. The summed E-state index contributed by atoms with van der Waals surface area (Å²) in [6.45, 7) is 11.7. The molecule has 132 valence electrons. The molecule has 2 aliphatic heterocycles. The van der Waals surface area contributed by atoms with Crippen LogP contribution in [0.2, 0.25) is 0 Å². The number of fused-ring (bicyclic) bond motifs is 1. The van der Waals surface area contributed by atoms with Crippen LogP contribution in [-0.4, -0.2) is 43.7 Å². The Labute approximate surface area is 150 Å². The molecule has 0 aliphatic carbocycles. The predicted octanol–water partition coefficient (Wildman–Crippen LogP) is 2.37. The first-order valence-electron chi connectivity index (χ1n) is 8.95. The molecule has 1 aromatic carbocycles. The van der Waals surface area contributed by atoms with Crippen LogP contribution in [0.15, 0.2) is 18.2 Å². The third-order valence-electron chi connectivity index (χ3n) is 5.42. The first kappa shape index (κ1) is 17.7. The first-order chi connectivity index (χ1) is 11.9. The van der Waals surface area contributed by atoms with Crippen LogP contribution in [0.25, 0.3) is 0 Å². The van der Waals surface area contributed by atoms with Crippen LogP contribution >= 0.6 is 0 Å². The Morgan fingerprint density at radius 1 is 1.24 bits per heavy atom. The minimum atomic E-state index is 0.288. The predicted molar refractivity (Wildman–Crippen MR) is 96.0 cm³/mol. The van der Waals surface area contributed by atoms with Crippen molar-refractivity contribution >= 4 is 0 Å². The molecule has 2 heterocycles. The SMILES string of the molecule is CC(C)(C)C1NCC2CN(CCOc3ccc(C#N)cc3C#N)CC21. The highest BCUT2D eigenvalue weighted by atomic mass is 16.5. The molecule has 3 rings (SSSR count). The van der Waals surface area contributed by atoms with Crippen LogP contribution < -0.4 is 10.1 Å². The topological polar surface area (TPSA) is 72.1 Å². The number of nitrogens with one attached hydrogen (secondary N) is 1. The summed E-state index contributed by atoms with van der Waals surface area (Å²) in [7, 11) is 0. The van der Waals surface area contributed by atoms with Gasteiger partial charge in [-0.15, -0.1) is 0 Å². The van der Waals surface area contributed by atoms with Gasteiger partial charge in [-0.3, -0.25) is 4.90 Å². The molecule has 5 nitrogen and oxygen atoms in total. The largest absolute Gasteiger partial charge is 0.491 e. The Kier molecular flexibility index (Phi) is 4.99. The Bertz CT molecular complexity index is 710. The van der Waals surface area contributed by atoms with Gasteiger partial charge in [0, 0.05) is 25.7 Å². The maximum absolute atomic E-state index is 9.21. The second kappa shape index (κ2) is 7.04. The van der Waals surface area contributed by atoms with Gasteiger partial charge in [0.25, 0.3) is 0 Å². The van der Waals surface area contributed by atoms with E-state index in [9.17, 15) is 5.26 Å². The standard InChI is InChI=1S/C20H26N4O/c1-20(2,3)19-17-13-24(12-16(17)11-23-19)6-7-25-18-5-4-14(9-21)8-15(18)10-22/h4-5,8,16-17,19,23H,6-7,11-13H2,1-3H3. The molecule has 0 radical (unpaired) electrons. The maximum Gasteiger partial charge on any atom is 0.137 e. The van der Waals surface area contributed by atoms with Gasteiger partial charge in [0.1, 0.15) is 18.4 Å². The van der Waals surface area contributed by atoms with E-state index in [1.807, 2.05) is 6.07 Å². The third-order valence-corrected chi connectivity index (χ3v) is 5.42. The van der Waals surface area contributed by atoms with E-state index < -0.39 is 0 Å². The number of nitriles is 2.